The van der Waals surface area contributed by atoms with Crippen molar-refractivity contribution in [3.8, 4) is 6.07 Å². The van der Waals surface area contributed by atoms with Gasteiger partial charge in [0.25, 0.3) is 5.91 Å². The number of carbonyl (C=O) groups is 1. The molecule has 3 aromatic carbocycles. The Hall–Kier alpha value is -4.21. The second kappa shape index (κ2) is 9.08. The Kier molecular flexibility index (Phi) is 5.88. The topological polar surface area (TPSA) is 90.4 Å². The van der Waals surface area contributed by atoms with Crippen LogP contribution in [-0.2, 0) is 11.3 Å². The van der Waals surface area contributed by atoms with E-state index in [4.69, 9.17) is 0 Å². The molecule has 0 aliphatic rings. The summed E-state index contributed by atoms with van der Waals surface area (Å²) in [4.78, 5) is 12.2. The summed E-state index contributed by atoms with van der Waals surface area (Å²) in [6.45, 7) is 0.539. The van der Waals surface area contributed by atoms with E-state index in [1.54, 1.807) is 36.5 Å². The fourth-order valence-electron chi connectivity index (χ4n) is 3.47. The normalized spacial score (nSPS) is 12.0. The van der Waals surface area contributed by atoms with Gasteiger partial charge in [0.05, 0.1) is 17.8 Å². The number of aliphatic hydroxyl groups excluding tert-OH is 1. The second-order valence-electron chi connectivity index (χ2n) is 7.05. The van der Waals surface area contributed by atoms with Gasteiger partial charge in [0, 0.05) is 29.2 Å². The number of hydrogen-bond donors (Lipinski definition) is 2. The molecule has 0 radical (unpaired) electrons. The van der Waals surface area contributed by atoms with Crippen LogP contribution in [0.2, 0.25) is 0 Å². The molecule has 0 saturated carbocycles. The number of rotatable bonds is 6. The van der Waals surface area contributed by atoms with Gasteiger partial charge in [-0.25, -0.2) is 5.43 Å². The van der Waals surface area contributed by atoms with Crippen LogP contribution >= 0.6 is 0 Å². The lowest BCUT2D eigenvalue weighted by Crippen LogP contribution is -2.25. The summed E-state index contributed by atoms with van der Waals surface area (Å²) in [7, 11) is 0. The van der Waals surface area contributed by atoms with Gasteiger partial charge in [-0.15, -0.1) is 0 Å². The Balaban J connectivity index is 1.56. The van der Waals surface area contributed by atoms with E-state index in [-0.39, 0.29) is 0 Å². The molecule has 1 aromatic heterocycles. The summed E-state index contributed by atoms with van der Waals surface area (Å²) >= 11 is 0. The lowest BCUT2D eigenvalue weighted by Gasteiger charge is -2.08. The zero-order valence-corrected chi connectivity index (χ0v) is 16.6. The zero-order chi connectivity index (χ0) is 21.6. The molecule has 1 atom stereocenters. The third-order valence-electron chi connectivity index (χ3n) is 5.04. The maximum Gasteiger partial charge on any atom is 0.273 e. The molecule has 4 rings (SSSR count). The van der Waals surface area contributed by atoms with E-state index in [0.29, 0.717) is 17.7 Å². The first-order chi connectivity index (χ1) is 15.2. The minimum atomic E-state index is -1.29. The quantitative estimate of drug-likeness (QED) is 0.376. The van der Waals surface area contributed by atoms with Crippen molar-refractivity contribution in [2.24, 2.45) is 5.10 Å². The highest BCUT2D eigenvalue weighted by molar-refractivity contribution is 5.99. The summed E-state index contributed by atoms with van der Waals surface area (Å²) in [5, 5.41) is 24.5. The SMILES string of the molecule is N#Cc1ccccc1Cn1cc(/C=N\NC(=O)[C@@H](O)c2ccccc2)c2ccccc21. The number of para-hydroxylation sites is 1. The number of amides is 1. The number of carbonyl (C=O) groups excluding carboxylic acids is 1. The van der Waals surface area contributed by atoms with Gasteiger partial charge < -0.3 is 9.67 Å². The fraction of sp³-hybridized carbons (Fsp3) is 0.0800. The van der Waals surface area contributed by atoms with Crippen LogP contribution in [0.4, 0.5) is 0 Å². The van der Waals surface area contributed by atoms with Crippen LogP contribution in [0.1, 0.15) is 28.4 Å². The summed E-state index contributed by atoms with van der Waals surface area (Å²) in [5.41, 5.74) is 6.28. The van der Waals surface area contributed by atoms with Crippen LogP contribution in [0.25, 0.3) is 10.9 Å². The zero-order valence-electron chi connectivity index (χ0n) is 16.6. The lowest BCUT2D eigenvalue weighted by atomic mass is 10.1. The van der Waals surface area contributed by atoms with Crippen LogP contribution in [0, 0.1) is 11.3 Å². The van der Waals surface area contributed by atoms with E-state index in [1.165, 1.54) is 0 Å². The minimum Gasteiger partial charge on any atom is -0.378 e. The Morgan fingerprint density at radius 1 is 1.06 bits per heavy atom. The van der Waals surface area contributed by atoms with Crippen LogP contribution < -0.4 is 5.43 Å². The van der Waals surface area contributed by atoms with Gasteiger partial charge in [0.1, 0.15) is 0 Å². The number of aliphatic hydroxyl groups is 1. The van der Waals surface area contributed by atoms with Crippen molar-refractivity contribution >= 4 is 23.0 Å². The van der Waals surface area contributed by atoms with Gasteiger partial charge >= 0.3 is 0 Å². The van der Waals surface area contributed by atoms with E-state index in [2.05, 4.69) is 16.6 Å². The first-order valence-electron chi connectivity index (χ1n) is 9.79. The fourth-order valence-corrected chi connectivity index (χ4v) is 3.47. The second-order valence-corrected chi connectivity index (χ2v) is 7.05. The third kappa shape index (κ3) is 4.37. The number of aromatic nitrogens is 1. The van der Waals surface area contributed by atoms with Crippen LogP contribution in [-0.4, -0.2) is 21.8 Å². The maximum absolute atomic E-state index is 12.2. The lowest BCUT2D eigenvalue weighted by molar-refractivity contribution is -0.129. The molecule has 0 unspecified atom stereocenters. The third-order valence-corrected chi connectivity index (χ3v) is 5.04. The molecule has 0 fully saturated rings. The predicted octanol–water partition coefficient (Wildman–Crippen LogP) is 3.74. The first kappa shape index (κ1) is 20.1. The van der Waals surface area contributed by atoms with Gasteiger partial charge in [0.2, 0.25) is 0 Å². The van der Waals surface area contributed by atoms with E-state index < -0.39 is 12.0 Å². The number of fused-ring (bicyclic) bond motifs is 1. The van der Waals surface area contributed by atoms with E-state index in [9.17, 15) is 15.2 Å². The number of hydrazone groups is 1. The number of benzene rings is 3. The molecule has 4 aromatic rings. The molecule has 2 N–H and O–H groups in total. The summed E-state index contributed by atoms with van der Waals surface area (Å²) in [6, 6.07) is 26.3. The molecule has 1 amide bonds. The van der Waals surface area contributed by atoms with Crippen molar-refractivity contribution in [2.45, 2.75) is 12.6 Å². The van der Waals surface area contributed by atoms with Crippen LogP contribution in [0.5, 0.6) is 0 Å². The summed E-state index contributed by atoms with van der Waals surface area (Å²) in [5.74, 6) is -0.603. The van der Waals surface area contributed by atoms with E-state index in [1.807, 2.05) is 59.3 Å². The average molecular weight is 408 g/mol. The van der Waals surface area contributed by atoms with Crippen molar-refractivity contribution in [2.75, 3.05) is 0 Å². The van der Waals surface area contributed by atoms with Gasteiger partial charge in [-0.3, -0.25) is 4.79 Å². The molecular weight excluding hydrogens is 388 g/mol. The number of nitrogens with zero attached hydrogens (tertiary/aromatic N) is 3. The standard InChI is InChI=1S/C25H20N4O2/c26-14-19-10-4-5-11-20(19)16-29-17-21(22-12-6-7-13-23(22)29)15-27-28-25(31)24(30)18-8-2-1-3-9-18/h1-13,15,17,24,30H,16H2,(H,28,31)/b27-15-/t24-/m0/s1. The summed E-state index contributed by atoms with van der Waals surface area (Å²) in [6.07, 6.45) is 2.20. The predicted molar refractivity (Wildman–Crippen MR) is 119 cm³/mol. The maximum atomic E-state index is 12.2. The number of nitrogens with one attached hydrogen (secondary N) is 1. The first-order valence-corrected chi connectivity index (χ1v) is 9.79. The Morgan fingerprint density at radius 3 is 2.58 bits per heavy atom. The highest BCUT2D eigenvalue weighted by Gasteiger charge is 2.16. The van der Waals surface area contributed by atoms with Crippen molar-refractivity contribution in [3.63, 3.8) is 0 Å². The molecule has 31 heavy (non-hydrogen) atoms. The van der Waals surface area contributed by atoms with E-state index >= 15 is 0 Å². The summed E-state index contributed by atoms with van der Waals surface area (Å²) < 4.78 is 2.05. The average Bonchev–Trinajstić information content (AvgIpc) is 3.17. The molecule has 0 aliphatic heterocycles. The van der Waals surface area contributed by atoms with Gasteiger partial charge in [0.15, 0.2) is 6.10 Å². The van der Waals surface area contributed by atoms with Gasteiger partial charge in [-0.05, 0) is 23.3 Å². The van der Waals surface area contributed by atoms with Crippen molar-refractivity contribution in [3.05, 3.63) is 107 Å². The Labute approximate surface area is 179 Å². The highest BCUT2D eigenvalue weighted by atomic mass is 16.3. The molecule has 6 nitrogen and oxygen atoms in total. The van der Waals surface area contributed by atoms with Crippen LogP contribution in [0.15, 0.2) is 90.2 Å². The molecule has 152 valence electrons. The van der Waals surface area contributed by atoms with Gasteiger partial charge in [-0.1, -0.05) is 66.7 Å². The van der Waals surface area contributed by atoms with Crippen molar-refractivity contribution < 1.29 is 9.90 Å². The largest absolute Gasteiger partial charge is 0.378 e. The minimum absolute atomic E-state index is 0.503. The van der Waals surface area contributed by atoms with Gasteiger partial charge in [-0.2, -0.15) is 10.4 Å². The molecule has 6 heteroatoms. The molecule has 1 heterocycles. The Morgan fingerprint density at radius 2 is 1.77 bits per heavy atom. The molecule has 0 bridgehead atoms. The smallest absolute Gasteiger partial charge is 0.273 e. The molecule has 0 aliphatic carbocycles. The number of nitriles is 1. The molecule has 0 spiro atoms. The monoisotopic (exact) mass is 408 g/mol. The van der Waals surface area contributed by atoms with Crippen molar-refractivity contribution in [1.29, 1.82) is 5.26 Å². The molecule has 0 saturated heterocycles. The van der Waals surface area contributed by atoms with Crippen molar-refractivity contribution in [1.82, 2.24) is 9.99 Å². The highest BCUT2D eigenvalue weighted by Crippen LogP contribution is 2.22. The van der Waals surface area contributed by atoms with E-state index in [0.717, 1.165) is 22.0 Å². The molecular formula is C25H20N4O2. The number of hydrogen-bond acceptors (Lipinski definition) is 4. The van der Waals surface area contributed by atoms with Crippen LogP contribution in [0.3, 0.4) is 0 Å². The Bertz CT molecular complexity index is 1290.